The number of anilines is 2. The lowest BCUT2D eigenvalue weighted by Crippen LogP contribution is -1.97. The minimum absolute atomic E-state index is 0.583. The van der Waals surface area contributed by atoms with Crippen molar-refractivity contribution in [2.75, 3.05) is 5.32 Å². The van der Waals surface area contributed by atoms with E-state index in [1.807, 2.05) is 36.7 Å². The van der Waals surface area contributed by atoms with Gasteiger partial charge in [0.2, 0.25) is 5.95 Å². The lowest BCUT2D eigenvalue weighted by Gasteiger charge is -2.04. The minimum Gasteiger partial charge on any atom is -0.324 e. The molecule has 4 heteroatoms. The molecule has 0 aliphatic carbocycles. The van der Waals surface area contributed by atoms with E-state index in [9.17, 15) is 0 Å². The fraction of sp³-hybridized carbons (Fsp3) is 0.167. The molecule has 1 aromatic heterocycles. The molecule has 1 N–H and O–H groups in total. The lowest BCUT2D eigenvalue weighted by atomic mass is 10.3. The van der Waals surface area contributed by atoms with E-state index >= 15 is 0 Å². The van der Waals surface area contributed by atoms with Gasteiger partial charge in [0.05, 0.1) is 0 Å². The van der Waals surface area contributed by atoms with Crippen LogP contribution in [0.1, 0.15) is 12.5 Å². The first-order chi connectivity index (χ1) is 7.78. The summed E-state index contributed by atoms with van der Waals surface area (Å²) in [6.45, 7) is 2.07. The normalized spacial score (nSPS) is 10.1. The maximum atomic E-state index is 5.88. The van der Waals surface area contributed by atoms with E-state index in [1.165, 1.54) is 0 Å². The highest BCUT2D eigenvalue weighted by Crippen LogP contribution is 2.17. The van der Waals surface area contributed by atoms with Crippen molar-refractivity contribution in [3.05, 3.63) is 47.2 Å². The molecule has 0 amide bonds. The highest BCUT2D eigenvalue weighted by Gasteiger charge is 1.98. The SMILES string of the molecule is CCc1cnc(Nc2cccc(Cl)c2)nc1. The van der Waals surface area contributed by atoms with Crippen molar-refractivity contribution in [1.82, 2.24) is 9.97 Å². The average molecular weight is 234 g/mol. The molecule has 1 aromatic carbocycles. The van der Waals surface area contributed by atoms with Gasteiger partial charge in [0.1, 0.15) is 0 Å². The van der Waals surface area contributed by atoms with Crippen molar-refractivity contribution >= 4 is 23.2 Å². The van der Waals surface area contributed by atoms with Gasteiger partial charge in [0.25, 0.3) is 0 Å². The van der Waals surface area contributed by atoms with Crippen molar-refractivity contribution in [3.63, 3.8) is 0 Å². The van der Waals surface area contributed by atoms with Gasteiger partial charge in [-0.2, -0.15) is 0 Å². The zero-order valence-electron chi connectivity index (χ0n) is 8.94. The van der Waals surface area contributed by atoms with Crippen LogP contribution in [0.2, 0.25) is 5.02 Å². The Balaban J connectivity index is 2.14. The van der Waals surface area contributed by atoms with Crippen molar-refractivity contribution in [1.29, 1.82) is 0 Å². The van der Waals surface area contributed by atoms with Gasteiger partial charge in [-0.1, -0.05) is 24.6 Å². The number of hydrogen-bond acceptors (Lipinski definition) is 3. The van der Waals surface area contributed by atoms with Crippen LogP contribution in [0.15, 0.2) is 36.7 Å². The minimum atomic E-state index is 0.583. The van der Waals surface area contributed by atoms with E-state index < -0.39 is 0 Å². The van der Waals surface area contributed by atoms with Crippen LogP contribution in [0, 0.1) is 0 Å². The highest BCUT2D eigenvalue weighted by molar-refractivity contribution is 6.30. The quantitative estimate of drug-likeness (QED) is 0.883. The summed E-state index contributed by atoms with van der Waals surface area (Å²) >= 11 is 5.88. The first kappa shape index (κ1) is 10.9. The Morgan fingerprint density at radius 1 is 1.25 bits per heavy atom. The Morgan fingerprint density at radius 3 is 2.62 bits per heavy atom. The molecule has 16 heavy (non-hydrogen) atoms. The van der Waals surface area contributed by atoms with Gasteiger partial charge in [0, 0.05) is 23.1 Å². The molecule has 0 aliphatic heterocycles. The van der Waals surface area contributed by atoms with Gasteiger partial charge in [-0.3, -0.25) is 0 Å². The topological polar surface area (TPSA) is 37.8 Å². The van der Waals surface area contributed by atoms with Gasteiger partial charge < -0.3 is 5.32 Å². The van der Waals surface area contributed by atoms with Crippen molar-refractivity contribution < 1.29 is 0 Å². The Hall–Kier alpha value is -1.61. The largest absolute Gasteiger partial charge is 0.324 e. The Labute approximate surface area is 99.5 Å². The molecule has 0 atom stereocenters. The highest BCUT2D eigenvalue weighted by atomic mass is 35.5. The van der Waals surface area contributed by atoms with Gasteiger partial charge in [-0.25, -0.2) is 9.97 Å². The first-order valence-corrected chi connectivity index (χ1v) is 5.49. The smallest absolute Gasteiger partial charge is 0.227 e. The van der Waals surface area contributed by atoms with Crippen LogP contribution >= 0.6 is 11.6 Å². The zero-order valence-corrected chi connectivity index (χ0v) is 9.70. The van der Waals surface area contributed by atoms with Gasteiger partial charge in [-0.15, -0.1) is 0 Å². The van der Waals surface area contributed by atoms with Crippen LogP contribution < -0.4 is 5.32 Å². The van der Waals surface area contributed by atoms with E-state index in [-0.39, 0.29) is 0 Å². The number of hydrogen-bond donors (Lipinski definition) is 1. The van der Waals surface area contributed by atoms with E-state index in [0.29, 0.717) is 11.0 Å². The van der Waals surface area contributed by atoms with Crippen molar-refractivity contribution in [2.45, 2.75) is 13.3 Å². The van der Waals surface area contributed by atoms with E-state index in [4.69, 9.17) is 11.6 Å². The van der Waals surface area contributed by atoms with Crippen LogP contribution in [-0.2, 0) is 6.42 Å². The van der Waals surface area contributed by atoms with Crippen LogP contribution in [0.4, 0.5) is 11.6 Å². The van der Waals surface area contributed by atoms with E-state index in [0.717, 1.165) is 17.7 Å². The van der Waals surface area contributed by atoms with Crippen molar-refractivity contribution in [2.24, 2.45) is 0 Å². The summed E-state index contributed by atoms with van der Waals surface area (Å²) in [4.78, 5) is 8.42. The third-order valence-corrected chi connectivity index (χ3v) is 2.43. The second-order valence-electron chi connectivity index (χ2n) is 3.40. The number of rotatable bonds is 3. The van der Waals surface area contributed by atoms with Crippen LogP contribution in [-0.4, -0.2) is 9.97 Å². The molecule has 2 aromatic rings. The lowest BCUT2D eigenvalue weighted by molar-refractivity contribution is 1.05. The fourth-order valence-electron chi connectivity index (χ4n) is 1.30. The fourth-order valence-corrected chi connectivity index (χ4v) is 1.49. The summed E-state index contributed by atoms with van der Waals surface area (Å²) in [6.07, 6.45) is 4.58. The van der Waals surface area contributed by atoms with E-state index in [2.05, 4.69) is 22.2 Å². The van der Waals surface area contributed by atoms with Gasteiger partial charge >= 0.3 is 0 Å². The number of benzene rings is 1. The standard InChI is InChI=1S/C12H12ClN3/c1-2-9-7-14-12(15-8-9)16-11-5-3-4-10(13)6-11/h3-8H,2H2,1H3,(H,14,15,16). The summed E-state index contributed by atoms with van der Waals surface area (Å²) in [7, 11) is 0. The molecule has 0 radical (unpaired) electrons. The summed E-state index contributed by atoms with van der Waals surface area (Å²) in [5.41, 5.74) is 2.01. The van der Waals surface area contributed by atoms with Crippen LogP contribution in [0.25, 0.3) is 0 Å². The summed E-state index contributed by atoms with van der Waals surface area (Å²) in [5, 5.41) is 3.78. The molecule has 1 heterocycles. The second kappa shape index (κ2) is 4.94. The molecule has 3 nitrogen and oxygen atoms in total. The van der Waals surface area contributed by atoms with Crippen molar-refractivity contribution in [3.8, 4) is 0 Å². The maximum absolute atomic E-state index is 5.88. The molecule has 0 saturated carbocycles. The predicted octanol–water partition coefficient (Wildman–Crippen LogP) is 3.44. The molecule has 0 saturated heterocycles. The third kappa shape index (κ3) is 2.70. The average Bonchev–Trinajstić information content (AvgIpc) is 2.30. The molecule has 0 spiro atoms. The van der Waals surface area contributed by atoms with Gasteiger partial charge in [-0.05, 0) is 30.2 Å². The number of aromatic nitrogens is 2. The third-order valence-electron chi connectivity index (χ3n) is 2.19. The molecular weight excluding hydrogens is 222 g/mol. The molecule has 2 rings (SSSR count). The zero-order chi connectivity index (χ0) is 11.4. The molecule has 0 aliphatic rings. The molecule has 0 fully saturated rings. The number of halogens is 1. The van der Waals surface area contributed by atoms with E-state index in [1.54, 1.807) is 0 Å². The van der Waals surface area contributed by atoms with Crippen LogP contribution in [0.3, 0.4) is 0 Å². The second-order valence-corrected chi connectivity index (χ2v) is 3.84. The Bertz CT molecular complexity index is 468. The van der Waals surface area contributed by atoms with Gasteiger partial charge in [0.15, 0.2) is 0 Å². The molecule has 0 unspecified atom stereocenters. The first-order valence-electron chi connectivity index (χ1n) is 5.11. The maximum Gasteiger partial charge on any atom is 0.227 e. The molecule has 82 valence electrons. The predicted molar refractivity (Wildman–Crippen MR) is 66.1 cm³/mol. The summed E-state index contributed by atoms with van der Waals surface area (Å²) in [5.74, 6) is 0.583. The molecular formula is C12H12ClN3. The molecule has 0 bridgehead atoms. The summed E-state index contributed by atoms with van der Waals surface area (Å²) in [6, 6.07) is 7.46. The number of nitrogens with zero attached hydrogens (tertiary/aromatic N) is 2. The number of aryl methyl sites for hydroxylation is 1. The monoisotopic (exact) mass is 233 g/mol. The van der Waals surface area contributed by atoms with Crippen LogP contribution in [0.5, 0.6) is 0 Å². The Morgan fingerprint density at radius 2 is 2.00 bits per heavy atom. The Kier molecular flexibility index (Phi) is 3.37. The summed E-state index contributed by atoms with van der Waals surface area (Å²) < 4.78 is 0. The number of nitrogens with one attached hydrogen (secondary N) is 1.